The molecule has 7 nitrogen and oxygen atoms in total. The Kier molecular flexibility index (Phi) is 5.29. The lowest BCUT2D eigenvalue weighted by Gasteiger charge is -2.09. The molecule has 1 N–H and O–H groups in total. The Morgan fingerprint density at radius 3 is 2.57 bits per heavy atom. The van der Waals surface area contributed by atoms with Gasteiger partial charge in [-0.15, -0.1) is 10.2 Å². The van der Waals surface area contributed by atoms with Gasteiger partial charge in [-0.05, 0) is 43.3 Å². The summed E-state index contributed by atoms with van der Waals surface area (Å²) >= 11 is 1.31. The van der Waals surface area contributed by atoms with Gasteiger partial charge in [0.15, 0.2) is 10.9 Å². The summed E-state index contributed by atoms with van der Waals surface area (Å²) in [5.74, 6) is 2.01. The van der Waals surface area contributed by atoms with E-state index in [1.54, 1.807) is 24.7 Å². The van der Waals surface area contributed by atoms with E-state index in [0.29, 0.717) is 29.0 Å². The fraction of sp³-hybridized carbons (Fsp3) is 0.150. The number of nitrogens with one attached hydrogen (secondary N) is 1. The molecule has 0 radical (unpaired) electrons. The first kappa shape index (κ1) is 18.1. The largest absolute Gasteiger partial charge is 0.467 e. The van der Waals surface area contributed by atoms with Crippen LogP contribution in [0.25, 0.3) is 17.3 Å². The fourth-order valence-electron chi connectivity index (χ4n) is 2.64. The SMILES string of the molecule is Cc1ccc(-n2c(SCC(=O)NCc3ccco3)nnc2-c2ccco2)cc1. The van der Waals surface area contributed by atoms with Crippen LogP contribution in [0, 0.1) is 6.92 Å². The number of carbonyl (C=O) groups is 1. The molecule has 0 saturated heterocycles. The lowest BCUT2D eigenvalue weighted by molar-refractivity contribution is -0.118. The molecular weight excluding hydrogens is 376 g/mol. The molecule has 0 atom stereocenters. The maximum Gasteiger partial charge on any atom is 0.230 e. The van der Waals surface area contributed by atoms with Crippen LogP contribution in [-0.4, -0.2) is 26.4 Å². The van der Waals surface area contributed by atoms with Crippen LogP contribution in [0.5, 0.6) is 0 Å². The van der Waals surface area contributed by atoms with Gasteiger partial charge in [0, 0.05) is 5.69 Å². The monoisotopic (exact) mass is 394 g/mol. The second-order valence-corrected chi connectivity index (χ2v) is 7.04. The quantitative estimate of drug-likeness (QED) is 0.479. The molecule has 0 bridgehead atoms. The number of amides is 1. The highest BCUT2D eigenvalue weighted by molar-refractivity contribution is 7.99. The van der Waals surface area contributed by atoms with Gasteiger partial charge in [0.25, 0.3) is 0 Å². The smallest absolute Gasteiger partial charge is 0.230 e. The standard InChI is InChI=1S/C20H18N4O3S/c1-14-6-8-15(9-7-14)24-19(17-5-3-11-27-17)22-23-20(24)28-13-18(25)21-12-16-4-2-10-26-16/h2-11H,12-13H2,1H3,(H,21,25). The van der Waals surface area contributed by atoms with E-state index >= 15 is 0 Å². The molecule has 0 aliphatic carbocycles. The zero-order chi connectivity index (χ0) is 19.3. The number of aromatic nitrogens is 3. The molecule has 0 aliphatic heterocycles. The maximum absolute atomic E-state index is 12.2. The highest BCUT2D eigenvalue weighted by Crippen LogP contribution is 2.28. The van der Waals surface area contributed by atoms with Gasteiger partial charge >= 0.3 is 0 Å². The van der Waals surface area contributed by atoms with Gasteiger partial charge in [0.05, 0.1) is 24.8 Å². The van der Waals surface area contributed by atoms with Crippen LogP contribution in [0.4, 0.5) is 0 Å². The third kappa shape index (κ3) is 4.01. The molecule has 142 valence electrons. The number of hydrogen-bond donors (Lipinski definition) is 1. The van der Waals surface area contributed by atoms with Crippen molar-refractivity contribution in [2.24, 2.45) is 0 Å². The van der Waals surface area contributed by atoms with Crippen molar-refractivity contribution in [3.63, 3.8) is 0 Å². The third-order valence-electron chi connectivity index (χ3n) is 4.04. The fourth-order valence-corrected chi connectivity index (χ4v) is 3.42. The predicted octanol–water partition coefficient (Wildman–Crippen LogP) is 3.84. The number of benzene rings is 1. The topological polar surface area (TPSA) is 86.1 Å². The number of furan rings is 2. The molecule has 0 spiro atoms. The van der Waals surface area contributed by atoms with E-state index in [1.807, 2.05) is 47.9 Å². The van der Waals surface area contributed by atoms with E-state index in [4.69, 9.17) is 8.83 Å². The van der Waals surface area contributed by atoms with Crippen molar-refractivity contribution >= 4 is 17.7 Å². The Morgan fingerprint density at radius 1 is 1.07 bits per heavy atom. The van der Waals surface area contributed by atoms with Gasteiger partial charge < -0.3 is 14.2 Å². The van der Waals surface area contributed by atoms with Crippen molar-refractivity contribution in [3.8, 4) is 17.3 Å². The van der Waals surface area contributed by atoms with Crippen molar-refractivity contribution in [1.82, 2.24) is 20.1 Å². The van der Waals surface area contributed by atoms with Crippen molar-refractivity contribution in [1.29, 1.82) is 0 Å². The van der Waals surface area contributed by atoms with Crippen LogP contribution in [0.2, 0.25) is 0 Å². The number of hydrogen-bond acceptors (Lipinski definition) is 6. The summed E-state index contributed by atoms with van der Waals surface area (Å²) in [7, 11) is 0. The first-order valence-corrected chi connectivity index (χ1v) is 9.67. The summed E-state index contributed by atoms with van der Waals surface area (Å²) in [5.41, 5.74) is 2.06. The van der Waals surface area contributed by atoms with Crippen molar-refractivity contribution in [2.45, 2.75) is 18.6 Å². The molecule has 0 fully saturated rings. The van der Waals surface area contributed by atoms with Crippen molar-refractivity contribution < 1.29 is 13.6 Å². The predicted molar refractivity (Wildman–Crippen MR) is 105 cm³/mol. The van der Waals surface area contributed by atoms with Gasteiger partial charge in [-0.25, -0.2) is 0 Å². The number of aryl methyl sites for hydroxylation is 1. The number of nitrogens with zero attached hydrogens (tertiary/aromatic N) is 3. The molecule has 4 aromatic rings. The minimum atomic E-state index is -0.112. The normalized spacial score (nSPS) is 10.9. The molecule has 1 aromatic carbocycles. The number of thioether (sulfide) groups is 1. The van der Waals surface area contributed by atoms with E-state index in [-0.39, 0.29) is 11.7 Å². The van der Waals surface area contributed by atoms with Gasteiger partial charge in [-0.1, -0.05) is 29.5 Å². The molecule has 4 rings (SSSR count). The first-order valence-electron chi connectivity index (χ1n) is 8.69. The maximum atomic E-state index is 12.2. The lowest BCUT2D eigenvalue weighted by atomic mass is 10.2. The summed E-state index contributed by atoms with van der Waals surface area (Å²) in [6, 6.07) is 15.3. The molecule has 3 heterocycles. The minimum Gasteiger partial charge on any atom is -0.467 e. The van der Waals surface area contributed by atoms with Gasteiger partial charge in [-0.3, -0.25) is 9.36 Å². The van der Waals surface area contributed by atoms with E-state index in [9.17, 15) is 4.79 Å². The van der Waals surface area contributed by atoms with Crippen LogP contribution in [0.3, 0.4) is 0 Å². The van der Waals surface area contributed by atoms with E-state index < -0.39 is 0 Å². The molecule has 0 saturated carbocycles. The Bertz CT molecular complexity index is 1040. The molecule has 0 aliphatic rings. The summed E-state index contributed by atoms with van der Waals surface area (Å²) in [4.78, 5) is 12.2. The summed E-state index contributed by atoms with van der Waals surface area (Å²) in [6.07, 6.45) is 3.18. The Labute approximate surface area is 165 Å². The molecule has 1 amide bonds. The zero-order valence-electron chi connectivity index (χ0n) is 15.2. The van der Waals surface area contributed by atoms with Crippen molar-refractivity contribution in [2.75, 3.05) is 5.75 Å². The first-order chi connectivity index (χ1) is 13.7. The lowest BCUT2D eigenvalue weighted by Crippen LogP contribution is -2.24. The van der Waals surface area contributed by atoms with Crippen LogP contribution in [-0.2, 0) is 11.3 Å². The molecule has 28 heavy (non-hydrogen) atoms. The van der Waals surface area contributed by atoms with Crippen LogP contribution in [0.15, 0.2) is 75.0 Å². The van der Waals surface area contributed by atoms with Gasteiger partial charge in [0.1, 0.15) is 5.76 Å². The highest BCUT2D eigenvalue weighted by Gasteiger charge is 2.19. The van der Waals surface area contributed by atoms with E-state index in [2.05, 4.69) is 15.5 Å². The van der Waals surface area contributed by atoms with E-state index in [1.165, 1.54) is 11.8 Å². The van der Waals surface area contributed by atoms with Crippen LogP contribution < -0.4 is 5.32 Å². The van der Waals surface area contributed by atoms with Crippen molar-refractivity contribution in [3.05, 3.63) is 72.4 Å². The molecular formula is C20H18N4O3S. The average Bonchev–Trinajstić information content (AvgIpc) is 3.46. The molecule has 8 heteroatoms. The molecule has 3 aromatic heterocycles. The van der Waals surface area contributed by atoms with E-state index in [0.717, 1.165) is 11.3 Å². The van der Waals surface area contributed by atoms with Gasteiger partial charge in [-0.2, -0.15) is 0 Å². The zero-order valence-corrected chi connectivity index (χ0v) is 16.0. The minimum absolute atomic E-state index is 0.112. The summed E-state index contributed by atoms with van der Waals surface area (Å²) < 4.78 is 12.6. The highest BCUT2D eigenvalue weighted by atomic mass is 32.2. The summed E-state index contributed by atoms with van der Waals surface area (Å²) in [6.45, 7) is 2.39. The second-order valence-electron chi connectivity index (χ2n) is 6.10. The molecule has 0 unspecified atom stereocenters. The van der Waals surface area contributed by atoms with Crippen LogP contribution >= 0.6 is 11.8 Å². The number of carbonyl (C=O) groups excluding carboxylic acids is 1. The van der Waals surface area contributed by atoms with Crippen LogP contribution in [0.1, 0.15) is 11.3 Å². The average molecular weight is 394 g/mol. The Hall–Kier alpha value is -3.26. The second kappa shape index (κ2) is 8.18. The third-order valence-corrected chi connectivity index (χ3v) is 4.97. The summed E-state index contributed by atoms with van der Waals surface area (Å²) in [5, 5.41) is 12.0. The Balaban J connectivity index is 1.53. The number of rotatable bonds is 7. The Morgan fingerprint density at radius 2 is 1.86 bits per heavy atom. The van der Waals surface area contributed by atoms with Gasteiger partial charge in [0.2, 0.25) is 11.7 Å².